The zero-order chi connectivity index (χ0) is 13.9. The summed E-state index contributed by atoms with van der Waals surface area (Å²) < 4.78 is 5.50. The minimum Gasteiger partial charge on any atom is -0.483 e. The van der Waals surface area contributed by atoms with Crippen LogP contribution in [0.1, 0.15) is 18.9 Å². The van der Waals surface area contributed by atoms with Crippen molar-refractivity contribution in [2.24, 2.45) is 5.73 Å². The lowest BCUT2D eigenvalue weighted by Gasteiger charge is -2.45. The Morgan fingerprint density at radius 2 is 2.16 bits per heavy atom. The summed E-state index contributed by atoms with van der Waals surface area (Å²) in [4.78, 5) is 13.5. The van der Waals surface area contributed by atoms with Gasteiger partial charge in [0.1, 0.15) is 5.75 Å². The number of aliphatic hydroxyl groups is 1. The summed E-state index contributed by atoms with van der Waals surface area (Å²) in [5, 5.41) is 9.85. The van der Waals surface area contributed by atoms with E-state index in [1.54, 1.807) is 11.0 Å². The normalized spacial score (nSPS) is 16.9. The lowest BCUT2D eigenvalue weighted by molar-refractivity contribution is -0.157. The van der Waals surface area contributed by atoms with Crippen LogP contribution in [0.15, 0.2) is 24.3 Å². The second kappa shape index (κ2) is 5.59. The van der Waals surface area contributed by atoms with E-state index in [1.807, 2.05) is 25.1 Å². The van der Waals surface area contributed by atoms with Crippen molar-refractivity contribution in [2.45, 2.75) is 25.5 Å². The number of hydrogen-bond donors (Lipinski definition) is 2. The highest BCUT2D eigenvalue weighted by Crippen LogP contribution is 2.24. The first-order chi connectivity index (χ1) is 9.08. The number of nitrogens with two attached hydrogens (primary N) is 1. The van der Waals surface area contributed by atoms with Crippen molar-refractivity contribution in [3.05, 3.63) is 29.8 Å². The standard InChI is InChI=1S/C14H20N2O3/c1-2-14(18)9-16(10-14)13(17)8-19-12-6-4-3-5-11(12)7-15/h3-6,18H,2,7-10,15H2,1H3. The minimum absolute atomic E-state index is 0.0171. The van der Waals surface area contributed by atoms with Crippen LogP contribution >= 0.6 is 0 Å². The summed E-state index contributed by atoms with van der Waals surface area (Å²) in [5.74, 6) is 0.537. The van der Waals surface area contributed by atoms with Crippen LogP contribution in [0.3, 0.4) is 0 Å². The SMILES string of the molecule is CCC1(O)CN(C(=O)COc2ccccc2CN)C1. The fourth-order valence-corrected chi connectivity index (χ4v) is 2.11. The quantitative estimate of drug-likeness (QED) is 0.812. The number of para-hydroxylation sites is 1. The van der Waals surface area contributed by atoms with Gasteiger partial charge in [0.2, 0.25) is 0 Å². The number of β-amino-alcohol motifs (C(OH)–C–C–N with tert-alkyl or cyclic N) is 1. The van der Waals surface area contributed by atoms with Crippen LogP contribution in [0.2, 0.25) is 0 Å². The number of benzene rings is 1. The molecule has 0 radical (unpaired) electrons. The number of likely N-dealkylation sites (tertiary alicyclic amines) is 1. The van der Waals surface area contributed by atoms with Crippen LogP contribution in [-0.4, -0.2) is 41.2 Å². The Morgan fingerprint density at radius 1 is 1.47 bits per heavy atom. The molecule has 104 valence electrons. The molecule has 5 nitrogen and oxygen atoms in total. The molecule has 0 unspecified atom stereocenters. The highest BCUT2D eigenvalue weighted by atomic mass is 16.5. The van der Waals surface area contributed by atoms with Gasteiger partial charge in [0.05, 0.1) is 18.7 Å². The van der Waals surface area contributed by atoms with Gasteiger partial charge < -0.3 is 20.5 Å². The number of rotatable bonds is 5. The zero-order valence-electron chi connectivity index (χ0n) is 11.1. The fourth-order valence-electron chi connectivity index (χ4n) is 2.11. The summed E-state index contributed by atoms with van der Waals surface area (Å²) in [7, 11) is 0. The molecular weight excluding hydrogens is 244 g/mol. The van der Waals surface area contributed by atoms with Crippen molar-refractivity contribution < 1.29 is 14.6 Å². The number of carbonyl (C=O) groups excluding carboxylic acids is 1. The average molecular weight is 264 g/mol. The number of amides is 1. The molecule has 5 heteroatoms. The molecule has 1 amide bonds. The van der Waals surface area contributed by atoms with E-state index in [0.29, 0.717) is 31.8 Å². The molecule has 1 aromatic rings. The van der Waals surface area contributed by atoms with Crippen LogP contribution in [0.4, 0.5) is 0 Å². The van der Waals surface area contributed by atoms with Crippen LogP contribution in [-0.2, 0) is 11.3 Å². The maximum Gasteiger partial charge on any atom is 0.260 e. The Kier molecular flexibility index (Phi) is 4.07. The second-order valence-corrected chi connectivity index (χ2v) is 4.93. The molecule has 1 aliphatic heterocycles. The molecule has 1 heterocycles. The van der Waals surface area contributed by atoms with Gasteiger partial charge in [-0.3, -0.25) is 4.79 Å². The predicted molar refractivity (Wildman–Crippen MR) is 71.6 cm³/mol. The van der Waals surface area contributed by atoms with E-state index in [2.05, 4.69) is 0 Å². The Hall–Kier alpha value is -1.59. The molecule has 3 N–H and O–H groups in total. The highest BCUT2D eigenvalue weighted by Gasteiger charge is 2.41. The first-order valence-corrected chi connectivity index (χ1v) is 6.49. The van der Waals surface area contributed by atoms with Gasteiger partial charge in [0.25, 0.3) is 5.91 Å². The largest absolute Gasteiger partial charge is 0.483 e. The molecule has 0 atom stereocenters. The molecule has 0 aliphatic carbocycles. The van der Waals surface area contributed by atoms with Gasteiger partial charge >= 0.3 is 0 Å². The maximum absolute atomic E-state index is 11.9. The van der Waals surface area contributed by atoms with Gasteiger partial charge in [-0.05, 0) is 12.5 Å². The van der Waals surface area contributed by atoms with Crippen LogP contribution in [0, 0.1) is 0 Å². The van der Waals surface area contributed by atoms with E-state index in [1.165, 1.54) is 0 Å². The minimum atomic E-state index is -0.704. The van der Waals surface area contributed by atoms with Gasteiger partial charge in [-0.1, -0.05) is 25.1 Å². The molecule has 1 saturated heterocycles. The second-order valence-electron chi connectivity index (χ2n) is 4.93. The number of nitrogens with zero attached hydrogens (tertiary/aromatic N) is 1. The molecule has 1 fully saturated rings. The third-order valence-electron chi connectivity index (χ3n) is 3.52. The van der Waals surface area contributed by atoms with Gasteiger partial charge in [-0.25, -0.2) is 0 Å². The smallest absolute Gasteiger partial charge is 0.260 e. The van der Waals surface area contributed by atoms with E-state index in [9.17, 15) is 9.90 Å². The first kappa shape index (κ1) is 13.8. The molecule has 0 spiro atoms. The van der Waals surface area contributed by atoms with Crippen molar-refractivity contribution in [2.75, 3.05) is 19.7 Å². The molecular formula is C14H20N2O3. The fraction of sp³-hybridized carbons (Fsp3) is 0.500. The van der Waals surface area contributed by atoms with Gasteiger partial charge in [0, 0.05) is 12.1 Å². The molecule has 1 aromatic carbocycles. The first-order valence-electron chi connectivity index (χ1n) is 6.49. The molecule has 0 saturated carbocycles. The summed E-state index contributed by atoms with van der Waals surface area (Å²) in [6.07, 6.45) is 0.660. The Morgan fingerprint density at radius 3 is 2.79 bits per heavy atom. The van der Waals surface area contributed by atoms with E-state index >= 15 is 0 Å². The highest BCUT2D eigenvalue weighted by molar-refractivity contribution is 5.79. The molecule has 19 heavy (non-hydrogen) atoms. The molecule has 1 aliphatic rings. The van der Waals surface area contributed by atoms with Crippen LogP contribution in [0.5, 0.6) is 5.75 Å². The Balaban J connectivity index is 1.85. The van der Waals surface area contributed by atoms with Gasteiger partial charge in [-0.15, -0.1) is 0 Å². The van der Waals surface area contributed by atoms with E-state index in [-0.39, 0.29) is 12.5 Å². The van der Waals surface area contributed by atoms with Crippen molar-refractivity contribution in [3.63, 3.8) is 0 Å². The molecule has 2 rings (SSSR count). The number of carbonyl (C=O) groups is 1. The lowest BCUT2D eigenvalue weighted by atomic mass is 9.91. The lowest BCUT2D eigenvalue weighted by Crippen LogP contribution is -2.63. The van der Waals surface area contributed by atoms with Crippen molar-refractivity contribution in [3.8, 4) is 5.75 Å². The topological polar surface area (TPSA) is 75.8 Å². The molecule has 0 bridgehead atoms. The van der Waals surface area contributed by atoms with Crippen molar-refractivity contribution in [1.29, 1.82) is 0 Å². The predicted octanol–water partition coefficient (Wildman–Crippen LogP) is 0.507. The van der Waals surface area contributed by atoms with Crippen LogP contribution in [0.25, 0.3) is 0 Å². The zero-order valence-corrected chi connectivity index (χ0v) is 11.1. The summed E-state index contributed by atoms with van der Waals surface area (Å²) in [5.41, 5.74) is 5.77. The van der Waals surface area contributed by atoms with E-state index in [4.69, 9.17) is 10.5 Å². The summed E-state index contributed by atoms with van der Waals surface area (Å²) >= 11 is 0. The Labute approximate surface area is 113 Å². The monoisotopic (exact) mass is 264 g/mol. The van der Waals surface area contributed by atoms with Crippen molar-refractivity contribution >= 4 is 5.91 Å². The third-order valence-corrected chi connectivity index (χ3v) is 3.52. The van der Waals surface area contributed by atoms with Crippen LogP contribution < -0.4 is 10.5 Å². The summed E-state index contributed by atoms with van der Waals surface area (Å²) in [6, 6.07) is 7.40. The molecule has 0 aromatic heterocycles. The number of hydrogen-bond acceptors (Lipinski definition) is 4. The van der Waals surface area contributed by atoms with E-state index in [0.717, 1.165) is 5.56 Å². The third kappa shape index (κ3) is 3.05. The van der Waals surface area contributed by atoms with Gasteiger partial charge in [-0.2, -0.15) is 0 Å². The number of ether oxygens (including phenoxy) is 1. The average Bonchev–Trinajstić information content (AvgIpc) is 2.41. The summed E-state index contributed by atoms with van der Waals surface area (Å²) in [6.45, 7) is 3.06. The maximum atomic E-state index is 11.9. The van der Waals surface area contributed by atoms with Gasteiger partial charge in [0.15, 0.2) is 6.61 Å². The Bertz CT molecular complexity index is 456. The van der Waals surface area contributed by atoms with E-state index < -0.39 is 5.60 Å². The van der Waals surface area contributed by atoms with Crippen molar-refractivity contribution in [1.82, 2.24) is 4.90 Å².